The number of hydrazone groups is 1. The van der Waals surface area contributed by atoms with Crippen molar-refractivity contribution in [1.82, 2.24) is 9.97 Å². The first kappa shape index (κ1) is 18.8. The summed E-state index contributed by atoms with van der Waals surface area (Å²) in [5.74, 6) is 0.684. The zero-order valence-electron chi connectivity index (χ0n) is 16.5. The molecule has 1 atom stereocenters. The van der Waals surface area contributed by atoms with Gasteiger partial charge in [-0.15, -0.1) is 0 Å². The molecule has 0 fully saturated rings. The second-order valence-corrected chi connectivity index (χ2v) is 6.89. The second-order valence-electron chi connectivity index (χ2n) is 6.89. The molecular formula is C24H23N5. The van der Waals surface area contributed by atoms with Gasteiger partial charge in [0.2, 0.25) is 0 Å². The van der Waals surface area contributed by atoms with Crippen molar-refractivity contribution in [1.29, 1.82) is 0 Å². The summed E-state index contributed by atoms with van der Waals surface area (Å²) in [5, 5.41) is 5.05. The lowest BCUT2D eigenvalue weighted by atomic mass is 9.96. The monoisotopic (exact) mass is 381 g/mol. The fourth-order valence-electron chi connectivity index (χ4n) is 3.31. The number of hydrogen-bond acceptors (Lipinski definition) is 5. The van der Waals surface area contributed by atoms with Gasteiger partial charge in [-0.2, -0.15) is 5.10 Å². The third-order valence-corrected chi connectivity index (χ3v) is 4.84. The highest BCUT2D eigenvalue weighted by atomic mass is 15.3. The van der Waals surface area contributed by atoms with E-state index < -0.39 is 0 Å². The van der Waals surface area contributed by atoms with E-state index in [1.165, 1.54) is 0 Å². The molecule has 2 aromatic carbocycles. The van der Waals surface area contributed by atoms with Gasteiger partial charge >= 0.3 is 0 Å². The van der Waals surface area contributed by atoms with Crippen molar-refractivity contribution in [3.05, 3.63) is 78.5 Å². The van der Waals surface area contributed by atoms with Gasteiger partial charge in [0.15, 0.2) is 5.82 Å². The maximum absolute atomic E-state index is 6.01. The van der Waals surface area contributed by atoms with Crippen molar-refractivity contribution in [3.8, 4) is 22.4 Å². The van der Waals surface area contributed by atoms with Crippen molar-refractivity contribution in [3.63, 3.8) is 0 Å². The number of nitrogens with one attached hydrogen (secondary N) is 1. The molecule has 0 aliphatic rings. The topological polar surface area (TPSA) is 76.2 Å². The number of rotatable bonds is 5. The fourth-order valence-corrected chi connectivity index (χ4v) is 3.31. The third kappa shape index (κ3) is 3.86. The van der Waals surface area contributed by atoms with E-state index in [1.54, 1.807) is 12.4 Å². The van der Waals surface area contributed by atoms with E-state index in [9.17, 15) is 0 Å². The number of nitrogens with zero attached hydrogens (tertiary/aromatic N) is 3. The van der Waals surface area contributed by atoms with Crippen LogP contribution in [0.1, 0.15) is 25.5 Å². The van der Waals surface area contributed by atoms with E-state index >= 15 is 0 Å². The van der Waals surface area contributed by atoms with Crippen LogP contribution in [0.15, 0.2) is 78.0 Å². The van der Waals surface area contributed by atoms with Crippen LogP contribution >= 0.6 is 0 Å². The zero-order chi connectivity index (χ0) is 20.2. The van der Waals surface area contributed by atoms with E-state index in [1.807, 2.05) is 38.1 Å². The Labute approximate surface area is 170 Å². The van der Waals surface area contributed by atoms with E-state index in [4.69, 9.17) is 10.7 Å². The molecule has 0 aliphatic carbocycles. The Morgan fingerprint density at radius 2 is 1.76 bits per heavy atom. The first-order valence-electron chi connectivity index (χ1n) is 9.62. The molecule has 0 amide bonds. The molecule has 4 rings (SSSR count). The van der Waals surface area contributed by atoms with Crippen molar-refractivity contribution < 1.29 is 0 Å². The van der Waals surface area contributed by atoms with Crippen molar-refractivity contribution in [2.24, 2.45) is 10.8 Å². The molecule has 5 nitrogen and oxygen atoms in total. The average Bonchev–Trinajstić information content (AvgIpc) is 2.77. The number of fused-ring (bicyclic) bond motifs is 1. The number of nitrogens with two attached hydrogens (primary N) is 1. The summed E-state index contributed by atoms with van der Waals surface area (Å²) >= 11 is 0. The van der Waals surface area contributed by atoms with Gasteiger partial charge in [0, 0.05) is 35.0 Å². The Morgan fingerprint density at radius 3 is 2.45 bits per heavy atom. The number of hydrogen-bond donors (Lipinski definition) is 2. The van der Waals surface area contributed by atoms with Crippen LogP contribution < -0.4 is 11.2 Å². The third-order valence-electron chi connectivity index (χ3n) is 4.84. The molecule has 0 unspecified atom stereocenters. The van der Waals surface area contributed by atoms with Crippen molar-refractivity contribution in [2.45, 2.75) is 19.9 Å². The number of benzene rings is 2. The highest BCUT2D eigenvalue weighted by Gasteiger charge is 2.14. The van der Waals surface area contributed by atoms with E-state index in [0.717, 1.165) is 38.9 Å². The molecule has 0 radical (unpaired) electrons. The summed E-state index contributed by atoms with van der Waals surface area (Å²) in [5.41, 5.74) is 15.1. The minimum atomic E-state index is 0.000957. The molecule has 4 aromatic rings. The molecule has 0 spiro atoms. The first-order chi connectivity index (χ1) is 14.2. The lowest BCUT2D eigenvalue weighted by Gasteiger charge is -2.14. The predicted octanol–water partition coefficient (Wildman–Crippen LogP) is 5.40. The fraction of sp³-hybridized carbons (Fsp3) is 0.125. The van der Waals surface area contributed by atoms with Crippen LogP contribution in [0, 0.1) is 0 Å². The van der Waals surface area contributed by atoms with Crippen molar-refractivity contribution in [2.75, 3.05) is 5.43 Å². The van der Waals surface area contributed by atoms with E-state index in [0.29, 0.717) is 5.82 Å². The molecule has 3 N–H and O–H groups in total. The van der Waals surface area contributed by atoms with Crippen molar-refractivity contribution >= 4 is 22.9 Å². The maximum atomic E-state index is 6.01. The molecule has 29 heavy (non-hydrogen) atoms. The molecular weight excluding hydrogens is 358 g/mol. The number of anilines is 1. The lowest BCUT2D eigenvalue weighted by Crippen LogP contribution is -2.04. The molecule has 144 valence electrons. The molecule has 2 heterocycles. The maximum Gasteiger partial charge on any atom is 0.155 e. The average molecular weight is 381 g/mol. The molecule has 5 heteroatoms. The first-order valence-corrected chi connectivity index (χ1v) is 9.62. The molecule has 0 bridgehead atoms. The van der Waals surface area contributed by atoms with Gasteiger partial charge in [-0.25, -0.2) is 9.97 Å². The van der Waals surface area contributed by atoms with Crippen LogP contribution in [-0.4, -0.2) is 16.2 Å². The summed E-state index contributed by atoms with van der Waals surface area (Å²) in [4.78, 5) is 9.44. The van der Waals surface area contributed by atoms with Crippen LogP contribution in [0.5, 0.6) is 0 Å². The molecule has 2 aromatic heterocycles. The van der Waals surface area contributed by atoms with Crippen LogP contribution in [-0.2, 0) is 0 Å². The highest BCUT2D eigenvalue weighted by Crippen LogP contribution is 2.35. The van der Waals surface area contributed by atoms with Gasteiger partial charge in [0.05, 0.1) is 11.2 Å². The Balaban J connectivity index is 1.95. The van der Waals surface area contributed by atoms with Gasteiger partial charge in [0.25, 0.3) is 0 Å². The largest absolute Gasteiger partial charge is 0.324 e. The second kappa shape index (κ2) is 8.20. The summed E-state index contributed by atoms with van der Waals surface area (Å²) in [6.45, 7) is 3.84. The normalized spacial score (nSPS) is 12.4. The quantitative estimate of drug-likeness (QED) is 0.358. The number of aromatic nitrogens is 2. The zero-order valence-corrected chi connectivity index (χ0v) is 16.5. The van der Waals surface area contributed by atoms with Crippen LogP contribution in [0.2, 0.25) is 0 Å². The van der Waals surface area contributed by atoms with Gasteiger partial charge in [-0.3, -0.25) is 5.43 Å². The van der Waals surface area contributed by atoms with Gasteiger partial charge < -0.3 is 5.73 Å². The minimum absolute atomic E-state index is 0.000957. The smallest absolute Gasteiger partial charge is 0.155 e. The van der Waals surface area contributed by atoms with Crippen LogP contribution in [0.4, 0.5) is 5.82 Å². The summed E-state index contributed by atoms with van der Waals surface area (Å²) in [6, 6.07) is 22.6. The standard InChI is InChI=1S/C24H23N5/c1-3-27-29-24-21-15-20(18-7-5-4-6-8-18)23(28-22(21)13-14-26-24)19-11-9-17(10-12-19)16(2)25/h3-16H,25H2,1-2H3,(H,26,29)/b27-3+/t16-/m1/s1. The number of pyridine rings is 2. The Kier molecular flexibility index (Phi) is 5.31. The summed E-state index contributed by atoms with van der Waals surface area (Å²) < 4.78 is 0. The van der Waals surface area contributed by atoms with Crippen LogP contribution in [0.25, 0.3) is 33.3 Å². The highest BCUT2D eigenvalue weighted by molar-refractivity contribution is 5.96. The summed E-state index contributed by atoms with van der Waals surface area (Å²) in [7, 11) is 0. The minimum Gasteiger partial charge on any atom is -0.324 e. The summed E-state index contributed by atoms with van der Waals surface area (Å²) in [6.07, 6.45) is 3.44. The van der Waals surface area contributed by atoms with E-state index in [-0.39, 0.29) is 6.04 Å². The van der Waals surface area contributed by atoms with Crippen LogP contribution in [0.3, 0.4) is 0 Å². The Morgan fingerprint density at radius 1 is 1.00 bits per heavy atom. The lowest BCUT2D eigenvalue weighted by molar-refractivity contribution is 0.818. The molecule has 0 aliphatic heterocycles. The van der Waals surface area contributed by atoms with Gasteiger partial charge in [-0.1, -0.05) is 54.6 Å². The van der Waals surface area contributed by atoms with Gasteiger partial charge in [0.1, 0.15) is 0 Å². The molecule has 0 saturated carbocycles. The van der Waals surface area contributed by atoms with E-state index in [2.05, 4.69) is 58.0 Å². The molecule has 0 saturated heterocycles. The SMILES string of the molecule is C/C=N/Nc1nccc2nc(-c3ccc([C@@H](C)N)cc3)c(-c3ccccc3)cc12. The predicted molar refractivity (Wildman–Crippen MR) is 121 cm³/mol. The van der Waals surface area contributed by atoms with Gasteiger partial charge in [-0.05, 0) is 37.1 Å². The Bertz CT molecular complexity index is 1150. The Hall–Kier alpha value is -3.57.